The molecule has 0 radical (unpaired) electrons. The molecule has 3 heteroatoms. The van der Waals surface area contributed by atoms with Crippen LogP contribution in [0.15, 0.2) is 78.4 Å². The molecule has 1 N–H and O–H groups in total. The van der Waals surface area contributed by atoms with Crippen LogP contribution in [0.2, 0.25) is 0 Å². The Morgan fingerprint density at radius 1 is 1.00 bits per heavy atom. The molecule has 0 atom stereocenters. The van der Waals surface area contributed by atoms with Gasteiger partial charge in [0.15, 0.2) is 0 Å². The molecule has 3 aromatic rings. The molecule has 4 rings (SSSR count). The van der Waals surface area contributed by atoms with Crippen molar-refractivity contribution in [3.63, 3.8) is 0 Å². The molecule has 0 amide bonds. The third kappa shape index (κ3) is 5.21. The maximum atomic E-state index is 11.3. The van der Waals surface area contributed by atoms with Crippen LogP contribution in [0.1, 0.15) is 61.4 Å². The summed E-state index contributed by atoms with van der Waals surface area (Å²) in [5.41, 5.74) is 8.15. The Bertz CT molecular complexity index is 1230. The fourth-order valence-corrected chi connectivity index (χ4v) is 6.05. The molecule has 0 bridgehead atoms. The minimum atomic E-state index is -0.846. The van der Waals surface area contributed by atoms with Gasteiger partial charge in [-0.25, -0.2) is 0 Å². The number of carboxylic acids is 1. The number of fused-ring (bicyclic) bond motifs is 1. The Kier molecular flexibility index (Phi) is 6.74. The molecule has 33 heavy (non-hydrogen) atoms. The average Bonchev–Trinajstić information content (AvgIpc) is 2.79. The van der Waals surface area contributed by atoms with Crippen molar-refractivity contribution >= 4 is 41.5 Å². The maximum absolute atomic E-state index is 11.3. The number of rotatable bonds is 6. The van der Waals surface area contributed by atoms with Crippen molar-refractivity contribution in [1.82, 2.24) is 0 Å². The molecular weight excluding hydrogens is 471 g/mol. The molecule has 0 saturated heterocycles. The van der Waals surface area contributed by atoms with Gasteiger partial charge in [-0.15, -0.1) is 0 Å². The van der Waals surface area contributed by atoms with Crippen molar-refractivity contribution in [3.05, 3.63) is 106 Å². The number of aliphatic carboxylic acids is 1. The molecule has 0 fully saturated rings. The van der Waals surface area contributed by atoms with Gasteiger partial charge in [0.25, 0.3) is 0 Å². The molecule has 0 aromatic heterocycles. The molecule has 168 valence electrons. The van der Waals surface area contributed by atoms with Gasteiger partial charge in [0.2, 0.25) is 0 Å². The van der Waals surface area contributed by atoms with E-state index in [1.165, 1.54) is 36.8 Å². The van der Waals surface area contributed by atoms with Crippen LogP contribution < -0.4 is 8.92 Å². The summed E-state index contributed by atoms with van der Waals surface area (Å²) in [6.07, 6.45) is 5.71. The van der Waals surface area contributed by atoms with Gasteiger partial charge in [-0.1, -0.05) is 0 Å². The predicted molar refractivity (Wildman–Crippen MR) is 140 cm³/mol. The summed E-state index contributed by atoms with van der Waals surface area (Å²) in [4.78, 5) is 11.3. The Morgan fingerprint density at radius 2 is 1.67 bits per heavy atom. The first-order chi connectivity index (χ1) is 15.8. The zero-order valence-electron chi connectivity index (χ0n) is 19.7. The van der Waals surface area contributed by atoms with Gasteiger partial charge in [0, 0.05) is 0 Å². The van der Waals surface area contributed by atoms with Crippen LogP contribution in [0.5, 0.6) is 0 Å². The van der Waals surface area contributed by atoms with Crippen LogP contribution in [-0.2, 0) is 10.2 Å². The van der Waals surface area contributed by atoms with E-state index in [4.69, 9.17) is 0 Å². The summed E-state index contributed by atoms with van der Waals surface area (Å²) in [5, 5.41) is 9.26. The number of carboxylic acid groups (broad SMARTS) is 1. The van der Waals surface area contributed by atoms with Gasteiger partial charge < -0.3 is 0 Å². The summed E-state index contributed by atoms with van der Waals surface area (Å²) < 4.78 is 2.65. The van der Waals surface area contributed by atoms with E-state index in [1.54, 1.807) is 6.08 Å². The summed E-state index contributed by atoms with van der Waals surface area (Å²) >= 11 is 0.193. The molecule has 0 unspecified atom stereocenters. The molecule has 0 aliphatic heterocycles. The normalized spacial score (nSPS) is 15.0. The van der Waals surface area contributed by atoms with Crippen molar-refractivity contribution in [2.45, 2.75) is 46.0 Å². The molecule has 1 aliphatic carbocycles. The zero-order chi connectivity index (χ0) is 23.6. The zero-order valence-corrected chi connectivity index (χ0v) is 21.4. The Labute approximate surface area is 203 Å². The van der Waals surface area contributed by atoms with E-state index in [2.05, 4.69) is 81.4 Å². The molecule has 0 heterocycles. The topological polar surface area (TPSA) is 37.3 Å². The second kappa shape index (κ2) is 9.55. The van der Waals surface area contributed by atoms with Gasteiger partial charge in [0.05, 0.1) is 0 Å². The van der Waals surface area contributed by atoms with Gasteiger partial charge >= 0.3 is 204 Å². The van der Waals surface area contributed by atoms with Gasteiger partial charge in [0.1, 0.15) is 0 Å². The summed E-state index contributed by atoms with van der Waals surface area (Å²) in [6.45, 7) is 8.66. The first-order valence-electron chi connectivity index (χ1n) is 11.4. The standard InChI is InChI=1S/C30H30O2Se/c1-5-22(29(31)32)18-21-8-12-24(13-9-21)33-25-14-15-27-26(23-10-6-20(2)7-11-23)16-17-30(3,4)28(27)19-25/h6-16,18-19H,5,17H2,1-4H3,(H,31,32). The van der Waals surface area contributed by atoms with Gasteiger partial charge in [-0.3, -0.25) is 0 Å². The molecule has 1 aliphatic rings. The van der Waals surface area contributed by atoms with Crippen LogP contribution in [0.25, 0.3) is 11.6 Å². The summed E-state index contributed by atoms with van der Waals surface area (Å²) in [6, 6.07) is 24.1. The number of hydrogen-bond donors (Lipinski definition) is 1. The van der Waals surface area contributed by atoms with E-state index >= 15 is 0 Å². The molecular formula is C30H30O2Se. The monoisotopic (exact) mass is 502 g/mol. The number of carbonyl (C=O) groups is 1. The van der Waals surface area contributed by atoms with E-state index in [-0.39, 0.29) is 20.4 Å². The van der Waals surface area contributed by atoms with E-state index in [9.17, 15) is 9.90 Å². The molecule has 2 nitrogen and oxygen atoms in total. The van der Waals surface area contributed by atoms with E-state index in [0.717, 1.165) is 12.0 Å². The fraction of sp³-hybridized carbons (Fsp3) is 0.233. The Morgan fingerprint density at radius 3 is 2.30 bits per heavy atom. The van der Waals surface area contributed by atoms with Crippen molar-refractivity contribution in [2.24, 2.45) is 0 Å². The average molecular weight is 502 g/mol. The van der Waals surface area contributed by atoms with Gasteiger partial charge in [-0.05, 0) is 0 Å². The number of benzene rings is 3. The van der Waals surface area contributed by atoms with Crippen LogP contribution in [0.3, 0.4) is 0 Å². The third-order valence-corrected chi connectivity index (χ3v) is 8.39. The van der Waals surface area contributed by atoms with Crippen LogP contribution in [-0.4, -0.2) is 26.0 Å². The summed E-state index contributed by atoms with van der Waals surface area (Å²) in [5.74, 6) is -0.846. The third-order valence-electron chi connectivity index (χ3n) is 6.30. The van der Waals surface area contributed by atoms with E-state index in [1.807, 2.05) is 19.1 Å². The van der Waals surface area contributed by atoms with E-state index in [0.29, 0.717) is 12.0 Å². The number of allylic oxidation sites excluding steroid dienone is 1. The molecule has 0 spiro atoms. The second-order valence-electron chi connectivity index (χ2n) is 9.28. The SMILES string of the molecule is CCC(=Cc1ccc([Se]c2ccc3c(c2)C(C)(C)CC=C3c2ccc(C)cc2)cc1)C(=O)O. The molecule has 0 saturated carbocycles. The van der Waals surface area contributed by atoms with Crippen molar-refractivity contribution < 1.29 is 9.90 Å². The Hall–Kier alpha value is -2.87. The van der Waals surface area contributed by atoms with Crippen molar-refractivity contribution in [2.75, 3.05) is 0 Å². The van der Waals surface area contributed by atoms with Gasteiger partial charge in [-0.2, -0.15) is 0 Å². The van der Waals surface area contributed by atoms with Crippen LogP contribution in [0.4, 0.5) is 0 Å². The van der Waals surface area contributed by atoms with Crippen molar-refractivity contribution in [1.29, 1.82) is 0 Å². The van der Waals surface area contributed by atoms with Crippen LogP contribution in [0, 0.1) is 6.92 Å². The molecule has 3 aromatic carbocycles. The predicted octanol–water partition coefficient (Wildman–Crippen LogP) is 5.64. The number of aryl methyl sites for hydroxylation is 1. The number of hydrogen-bond acceptors (Lipinski definition) is 1. The second-order valence-corrected chi connectivity index (χ2v) is 11.7. The van der Waals surface area contributed by atoms with E-state index < -0.39 is 5.97 Å². The quantitative estimate of drug-likeness (QED) is 0.351. The first kappa shape index (κ1) is 23.3. The first-order valence-corrected chi connectivity index (χ1v) is 13.1. The minimum absolute atomic E-state index is 0.109. The Balaban J connectivity index is 1.61. The fourth-order valence-electron chi connectivity index (χ4n) is 4.25. The van der Waals surface area contributed by atoms with Crippen LogP contribution >= 0.6 is 0 Å². The summed E-state index contributed by atoms with van der Waals surface area (Å²) in [7, 11) is 0. The van der Waals surface area contributed by atoms with Crippen molar-refractivity contribution in [3.8, 4) is 0 Å².